The van der Waals surface area contributed by atoms with Gasteiger partial charge in [0, 0.05) is 6.54 Å². The van der Waals surface area contributed by atoms with Crippen LogP contribution in [0.4, 0.5) is 0 Å². The second-order valence-corrected chi connectivity index (χ2v) is 6.32. The molecule has 0 bridgehead atoms. The van der Waals surface area contributed by atoms with Crippen LogP contribution in [0.2, 0.25) is 0 Å². The van der Waals surface area contributed by atoms with Gasteiger partial charge in [-0.1, -0.05) is 6.42 Å². The molecule has 1 saturated heterocycles. The van der Waals surface area contributed by atoms with Crippen LogP contribution in [-0.4, -0.2) is 38.1 Å². The van der Waals surface area contributed by atoms with Gasteiger partial charge in [-0.25, -0.2) is 0 Å². The molecule has 1 rings (SSSR count). The third-order valence-corrected chi connectivity index (χ3v) is 3.92. The summed E-state index contributed by atoms with van der Waals surface area (Å²) in [6.07, 6.45) is 6.15. The highest BCUT2D eigenvalue weighted by Crippen LogP contribution is 2.22. The lowest BCUT2D eigenvalue weighted by atomic mass is 9.89. The lowest BCUT2D eigenvalue weighted by molar-refractivity contribution is 0.169. The molecule has 1 unspecified atom stereocenters. The quantitative estimate of drug-likeness (QED) is 0.707. The van der Waals surface area contributed by atoms with E-state index in [1.165, 1.54) is 45.3 Å². The van der Waals surface area contributed by atoms with E-state index in [1.807, 2.05) is 20.9 Å². The molecule has 0 amide bonds. The zero-order chi connectivity index (χ0) is 13.4. The summed E-state index contributed by atoms with van der Waals surface area (Å²) >= 11 is 0. The lowest BCUT2D eigenvalue weighted by Crippen LogP contribution is -2.39. The van der Waals surface area contributed by atoms with Crippen LogP contribution in [0.25, 0.3) is 0 Å². The largest absolute Gasteiger partial charge is 0.319 e. The Morgan fingerprint density at radius 3 is 2.83 bits per heavy atom. The maximum absolute atomic E-state index is 8.97. The van der Waals surface area contributed by atoms with Crippen molar-refractivity contribution in [2.45, 2.75) is 46.0 Å². The Morgan fingerprint density at radius 2 is 2.17 bits per heavy atom. The third-order valence-electron chi connectivity index (χ3n) is 3.92. The van der Waals surface area contributed by atoms with Crippen LogP contribution in [0.3, 0.4) is 0 Å². The summed E-state index contributed by atoms with van der Waals surface area (Å²) in [5.41, 5.74) is -0.142. The van der Waals surface area contributed by atoms with Crippen molar-refractivity contribution in [3.63, 3.8) is 0 Å². The molecule has 0 saturated carbocycles. The van der Waals surface area contributed by atoms with Gasteiger partial charge in [0.2, 0.25) is 0 Å². The number of piperidine rings is 1. The topological polar surface area (TPSA) is 39.1 Å². The zero-order valence-electron chi connectivity index (χ0n) is 12.3. The van der Waals surface area contributed by atoms with E-state index in [0.29, 0.717) is 0 Å². The number of nitrogens with zero attached hydrogens (tertiary/aromatic N) is 2. The molecule has 1 heterocycles. The van der Waals surface area contributed by atoms with E-state index in [9.17, 15) is 0 Å². The fourth-order valence-electron chi connectivity index (χ4n) is 2.77. The average molecular weight is 251 g/mol. The first kappa shape index (κ1) is 15.5. The predicted molar refractivity (Wildman–Crippen MR) is 76.3 cm³/mol. The van der Waals surface area contributed by atoms with E-state index in [2.05, 4.69) is 16.3 Å². The van der Waals surface area contributed by atoms with Crippen molar-refractivity contribution < 1.29 is 0 Å². The SMILES string of the molecule is CNCC1CCCN(CCCCC(C)(C)C#N)C1. The first-order valence-corrected chi connectivity index (χ1v) is 7.35. The minimum Gasteiger partial charge on any atom is -0.319 e. The van der Waals surface area contributed by atoms with Crippen LogP contribution < -0.4 is 5.32 Å². The summed E-state index contributed by atoms with van der Waals surface area (Å²) in [7, 11) is 2.04. The van der Waals surface area contributed by atoms with Gasteiger partial charge in [0.05, 0.1) is 11.5 Å². The molecule has 1 aliphatic heterocycles. The molecule has 1 N–H and O–H groups in total. The van der Waals surface area contributed by atoms with Crippen LogP contribution in [0.1, 0.15) is 46.0 Å². The van der Waals surface area contributed by atoms with Gasteiger partial charge in [0.25, 0.3) is 0 Å². The number of rotatable bonds is 7. The minimum atomic E-state index is -0.142. The highest BCUT2D eigenvalue weighted by molar-refractivity contribution is 4.91. The molecule has 0 aliphatic carbocycles. The summed E-state index contributed by atoms with van der Waals surface area (Å²) in [6, 6.07) is 2.38. The van der Waals surface area contributed by atoms with Crippen molar-refractivity contribution in [1.82, 2.24) is 10.2 Å². The summed E-state index contributed by atoms with van der Waals surface area (Å²) in [5, 5.41) is 12.3. The Morgan fingerprint density at radius 1 is 1.39 bits per heavy atom. The molecule has 0 aromatic rings. The molecule has 18 heavy (non-hydrogen) atoms. The van der Waals surface area contributed by atoms with E-state index in [0.717, 1.165) is 18.9 Å². The maximum Gasteiger partial charge on any atom is 0.0683 e. The van der Waals surface area contributed by atoms with E-state index in [1.54, 1.807) is 0 Å². The van der Waals surface area contributed by atoms with E-state index < -0.39 is 0 Å². The van der Waals surface area contributed by atoms with Crippen molar-refractivity contribution >= 4 is 0 Å². The van der Waals surface area contributed by atoms with Gasteiger partial charge in [0.1, 0.15) is 0 Å². The van der Waals surface area contributed by atoms with Crippen LogP contribution in [0.5, 0.6) is 0 Å². The number of hydrogen-bond acceptors (Lipinski definition) is 3. The van der Waals surface area contributed by atoms with Gasteiger partial charge in [-0.15, -0.1) is 0 Å². The number of likely N-dealkylation sites (tertiary alicyclic amines) is 1. The standard InChI is InChI=1S/C15H29N3/c1-15(2,13-16)8-4-5-9-18-10-6-7-14(12-18)11-17-3/h14,17H,4-12H2,1-3H3. The molecule has 1 aliphatic rings. The molecule has 0 aromatic carbocycles. The molecule has 1 fully saturated rings. The van der Waals surface area contributed by atoms with Crippen molar-refractivity contribution in [2.24, 2.45) is 11.3 Å². The number of nitriles is 1. The van der Waals surface area contributed by atoms with Gasteiger partial charge in [0.15, 0.2) is 0 Å². The Labute approximate surface area is 113 Å². The fourth-order valence-corrected chi connectivity index (χ4v) is 2.77. The molecule has 0 radical (unpaired) electrons. The Bertz CT molecular complexity index is 265. The third kappa shape index (κ3) is 5.84. The molecule has 0 spiro atoms. The average Bonchev–Trinajstić information content (AvgIpc) is 2.36. The lowest BCUT2D eigenvalue weighted by Gasteiger charge is -2.32. The Hall–Kier alpha value is -0.590. The molecule has 1 atom stereocenters. The van der Waals surface area contributed by atoms with Crippen LogP contribution in [0, 0.1) is 22.7 Å². The van der Waals surface area contributed by atoms with Crippen LogP contribution >= 0.6 is 0 Å². The number of hydrogen-bond donors (Lipinski definition) is 1. The van der Waals surface area contributed by atoms with Crippen LogP contribution in [0.15, 0.2) is 0 Å². The van der Waals surface area contributed by atoms with E-state index in [4.69, 9.17) is 5.26 Å². The molecule has 0 aromatic heterocycles. The maximum atomic E-state index is 8.97. The normalized spacial score (nSPS) is 21.8. The zero-order valence-corrected chi connectivity index (χ0v) is 12.3. The summed E-state index contributed by atoms with van der Waals surface area (Å²) < 4.78 is 0. The van der Waals surface area contributed by atoms with Crippen molar-refractivity contribution in [3.8, 4) is 6.07 Å². The predicted octanol–water partition coefficient (Wildman–Crippen LogP) is 2.64. The first-order chi connectivity index (χ1) is 8.57. The molecule has 104 valence electrons. The highest BCUT2D eigenvalue weighted by Gasteiger charge is 2.19. The first-order valence-electron chi connectivity index (χ1n) is 7.35. The highest BCUT2D eigenvalue weighted by atomic mass is 15.1. The van der Waals surface area contributed by atoms with E-state index in [-0.39, 0.29) is 5.41 Å². The second-order valence-electron chi connectivity index (χ2n) is 6.32. The molecule has 3 heteroatoms. The Kier molecular flexibility index (Phi) is 6.67. The summed E-state index contributed by atoms with van der Waals surface area (Å²) in [6.45, 7) is 8.96. The number of nitrogens with one attached hydrogen (secondary N) is 1. The van der Waals surface area contributed by atoms with Crippen LogP contribution in [-0.2, 0) is 0 Å². The fraction of sp³-hybridized carbons (Fsp3) is 0.933. The molecular weight excluding hydrogens is 222 g/mol. The van der Waals surface area contributed by atoms with Crippen molar-refractivity contribution in [3.05, 3.63) is 0 Å². The minimum absolute atomic E-state index is 0.142. The van der Waals surface area contributed by atoms with E-state index >= 15 is 0 Å². The second kappa shape index (κ2) is 7.76. The number of unbranched alkanes of at least 4 members (excludes halogenated alkanes) is 1. The van der Waals surface area contributed by atoms with Gasteiger partial charge < -0.3 is 10.2 Å². The molecule has 3 nitrogen and oxygen atoms in total. The van der Waals surface area contributed by atoms with Gasteiger partial charge in [-0.3, -0.25) is 0 Å². The van der Waals surface area contributed by atoms with Gasteiger partial charge >= 0.3 is 0 Å². The van der Waals surface area contributed by atoms with Gasteiger partial charge in [-0.2, -0.15) is 5.26 Å². The monoisotopic (exact) mass is 251 g/mol. The molecular formula is C15H29N3. The van der Waals surface area contributed by atoms with Gasteiger partial charge in [-0.05, 0) is 72.1 Å². The Balaban J connectivity index is 2.14. The smallest absolute Gasteiger partial charge is 0.0683 e. The van der Waals surface area contributed by atoms with Crippen molar-refractivity contribution in [2.75, 3.05) is 33.2 Å². The summed E-state index contributed by atoms with van der Waals surface area (Å²) in [4.78, 5) is 2.60. The summed E-state index contributed by atoms with van der Waals surface area (Å²) in [5.74, 6) is 0.833. The van der Waals surface area contributed by atoms with Crippen molar-refractivity contribution in [1.29, 1.82) is 5.26 Å².